The average molecular weight is 287 g/mol. The number of anilines is 1. The third-order valence-corrected chi connectivity index (χ3v) is 2.58. The summed E-state index contributed by atoms with van der Waals surface area (Å²) in [5, 5.41) is 29.9. The van der Waals surface area contributed by atoms with Gasteiger partial charge in [0.1, 0.15) is 17.9 Å². The van der Waals surface area contributed by atoms with Crippen LogP contribution in [-0.2, 0) is 0 Å². The highest BCUT2D eigenvalue weighted by Gasteiger charge is 2.05. The van der Waals surface area contributed by atoms with Crippen molar-refractivity contribution in [3.05, 3.63) is 54.1 Å². The summed E-state index contributed by atoms with van der Waals surface area (Å²) >= 11 is 0. The standard InChI is InChI=1S/C16H9N5O/c17-9-12-4-3-5-14(8-12)22-16-7-2-1-6-15(16)21-20-13(10-18)11-19/h1-8,21H. The molecule has 0 heterocycles. The quantitative estimate of drug-likeness (QED) is 0.686. The lowest BCUT2D eigenvalue weighted by molar-refractivity contribution is 0.484. The average Bonchev–Trinajstić information content (AvgIpc) is 2.57. The predicted octanol–water partition coefficient (Wildman–Crippen LogP) is 3.17. The fourth-order valence-electron chi connectivity index (χ4n) is 1.60. The maximum Gasteiger partial charge on any atom is 0.237 e. The van der Waals surface area contributed by atoms with Crippen LogP contribution < -0.4 is 10.2 Å². The summed E-state index contributed by atoms with van der Waals surface area (Å²) in [5.41, 5.74) is 3.30. The first-order chi connectivity index (χ1) is 10.8. The summed E-state index contributed by atoms with van der Waals surface area (Å²) in [6.45, 7) is 0. The van der Waals surface area contributed by atoms with Crippen molar-refractivity contribution in [2.75, 3.05) is 5.43 Å². The Balaban J connectivity index is 2.26. The number of hydrogen-bond donors (Lipinski definition) is 1. The molecule has 2 aromatic rings. The van der Waals surface area contributed by atoms with Crippen LogP contribution in [0.2, 0.25) is 0 Å². The molecule has 6 nitrogen and oxygen atoms in total. The van der Waals surface area contributed by atoms with Crippen LogP contribution >= 0.6 is 0 Å². The molecule has 0 saturated heterocycles. The van der Waals surface area contributed by atoms with Crippen LogP contribution in [0, 0.1) is 34.0 Å². The van der Waals surface area contributed by atoms with Gasteiger partial charge in [0, 0.05) is 0 Å². The molecule has 2 aromatic carbocycles. The largest absolute Gasteiger partial charge is 0.455 e. The minimum atomic E-state index is -0.290. The lowest BCUT2D eigenvalue weighted by Crippen LogP contribution is -1.98. The van der Waals surface area contributed by atoms with Gasteiger partial charge in [0.15, 0.2) is 5.75 Å². The van der Waals surface area contributed by atoms with E-state index in [9.17, 15) is 0 Å². The van der Waals surface area contributed by atoms with E-state index in [0.29, 0.717) is 22.7 Å². The summed E-state index contributed by atoms with van der Waals surface area (Å²) in [6, 6.07) is 19.0. The Labute approximate surface area is 127 Å². The second-order valence-electron chi connectivity index (χ2n) is 4.03. The molecule has 1 N–H and O–H groups in total. The number of hydrazone groups is 1. The van der Waals surface area contributed by atoms with Crippen LogP contribution in [0.3, 0.4) is 0 Å². The van der Waals surface area contributed by atoms with Crippen LogP contribution in [0.25, 0.3) is 0 Å². The van der Waals surface area contributed by atoms with Gasteiger partial charge in [-0.3, -0.25) is 5.43 Å². The Hall–Kier alpha value is -3.82. The number of benzene rings is 2. The molecule has 0 atom stereocenters. The van der Waals surface area contributed by atoms with Crippen molar-refractivity contribution in [2.45, 2.75) is 0 Å². The molecule has 0 saturated carbocycles. The summed E-state index contributed by atoms with van der Waals surface area (Å²) in [7, 11) is 0. The Bertz CT molecular complexity index is 821. The van der Waals surface area contributed by atoms with Crippen LogP contribution in [-0.4, -0.2) is 5.71 Å². The molecule has 22 heavy (non-hydrogen) atoms. The first-order valence-electron chi connectivity index (χ1n) is 6.17. The zero-order valence-electron chi connectivity index (χ0n) is 11.3. The molecule has 0 aliphatic rings. The maximum absolute atomic E-state index is 8.89. The van der Waals surface area contributed by atoms with Gasteiger partial charge in [0.2, 0.25) is 5.71 Å². The van der Waals surface area contributed by atoms with Gasteiger partial charge in [0.25, 0.3) is 0 Å². The molecule has 0 radical (unpaired) electrons. The van der Waals surface area contributed by atoms with Crippen molar-refractivity contribution in [2.24, 2.45) is 5.10 Å². The molecule has 0 amide bonds. The van der Waals surface area contributed by atoms with Gasteiger partial charge in [-0.15, -0.1) is 0 Å². The highest BCUT2D eigenvalue weighted by Crippen LogP contribution is 2.29. The van der Waals surface area contributed by atoms with E-state index in [1.807, 2.05) is 6.07 Å². The third kappa shape index (κ3) is 3.60. The Kier molecular flexibility index (Phi) is 4.70. The van der Waals surface area contributed by atoms with Crippen molar-refractivity contribution < 1.29 is 4.74 Å². The van der Waals surface area contributed by atoms with E-state index < -0.39 is 0 Å². The third-order valence-electron chi connectivity index (χ3n) is 2.58. The Morgan fingerprint density at radius 3 is 2.50 bits per heavy atom. The van der Waals surface area contributed by atoms with Crippen molar-refractivity contribution in [1.29, 1.82) is 15.8 Å². The lowest BCUT2D eigenvalue weighted by Gasteiger charge is -2.10. The fraction of sp³-hybridized carbons (Fsp3) is 0. The maximum atomic E-state index is 8.89. The molecular weight excluding hydrogens is 278 g/mol. The number of rotatable bonds is 4. The van der Waals surface area contributed by atoms with E-state index in [-0.39, 0.29) is 5.71 Å². The first-order valence-corrected chi connectivity index (χ1v) is 6.17. The number of ether oxygens (including phenoxy) is 1. The van der Waals surface area contributed by atoms with Gasteiger partial charge >= 0.3 is 0 Å². The molecule has 0 aliphatic carbocycles. The van der Waals surface area contributed by atoms with Crippen molar-refractivity contribution in [1.82, 2.24) is 0 Å². The minimum Gasteiger partial charge on any atom is -0.455 e. The molecule has 6 heteroatoms. The van der Waals surface area contributed by atoms with E-state index in [2.05, 4.69) is 10.5 Å². The smallest absolute Gasteiger partial charge is 0.237 e. The van der Waals surface area contributed by atoms with Gasteiger partial charge in [0.05, 0.1) is 17.3 Å². The Morgan fingerprint density at radius 1 is 1.00 bits per heavy atom. The van der Waals surface area contributed by atoms with E-state index >= 15 is 0 Å². The minimum absolute atomic E-state index is 0.290. The molecule has 2 rings (SSSR count). The van der Waals surface area contributed by atoms with Gasteiger partial charge in [-0.2, -0.15) is 20.9 Å². The SMILES string of the molecule is N#CC(C#N)=NNc1ccccc1Oc1cccc(C#N)c1. The van der Waals surface area contributed by atoms with E-state index in [0.717, 1.165) is 0 Å². The van der Waals surface area contributed by atoms with Crippen LogP contribution in [0.1, 0.15) is 5.56 Å². The van der Waals surface area contributed by atoms with Crippen molar-refractivity contribution in [3.8, 4) is 29.7 Å². The summed E-state index contributed by atoms with van der Waals surface area (Å²) in [6.07, 6.45) is 0. The fourth-order valence-corrected chi connectivity index (χ4v) is 1.60. The van der Waals surface area contributed by atoms with Crippen molar-refractivity contribution in [3.63, 3.8) is 0 Å². The second-order valence-corrected chi connectivity index (χ2v) is 4.03. The highest BCUT2D eigenvalue weighted by molar-refractivity contribution is 6.10. The summed E-state index contributed by atoms with van der Waals surface area (Å²) in [5.74, 6) is 0.953. The van der Waals surface area contributed by atoms with Gasteiger partial charge in [-0.05, 0) is 30.3 Å². The number of nitriles is 3. The second kappa shape index (κ2) is 7.09. The van der Waals surface area contributed by atoms with E-state index in [4.69, 9.17) is 20.5 Å². The number of nitrogens with zero attached hydrogens (tertiary/aromatic N) is 4. The van der Waals surface area contributed by atoms with E-state index in [1.165, 1.54) is 0 Å². The molecule has 0 aliphatic heterocycles. The highest BCUT2D eigenvalue weighted by atomic mass is 16.5. The monoisotopic (exact) mass is 287 g/mol. The molecule has 0 fully saturated rings. The molecule has 0 unspecified atom stereocenters. The number of nitrogens with one attached hydrogen (secondary N) is 1. The Morgan fingerprint density at radius 2 is 1.77 bits per heavy atom. The zero-order valence-corrected chi connectivity index (χ0v) is 11.3. The predicted molar refractivity (Wildman–Crippen MR) is 80.0 cm³/mol. The van der Waals surface area contributed by atoms with Gasteiger partial charge in [-0.1, -0.05) is 18.2 Å². The van der Waals surface area contributed by atoms with E-state index in [1.54, 1.807) is 60.7 Å². The molecule has 104 valence electrons. The summed E-state index contributed by atoms with van der Waals surface area (Å²) < 4.78 is 5.70. The van der Waals surface area contributed by atoms with Crippen LogP contribution in [0.15, 0.2) is 53.6 Å². The molecule has 0 spiro atoms. The lowest BCUT2D eigenvalue weighted by atomic mass is 10.2. The number of hydrogen-bond acceptors (Lipinski definition) is 6. The van der Waals surface area contributed by atoms with Crippen LogP contribution in [0.4, 0.5) is 5.69 Å². The van der Waals surface area contributed by atoms with Gasteiger partial charge in [-0.25, -0.2) is 0 Å². The molecule has 0 aromatic heterocycles. The van der Waals surface area contributed by atoms with Gasteiger partial charge < -0.3 is 4.74 Å². The first kappa shape index (κ1) is 14.6. The van der Waals surface area contributed by atoms with Crippen LogP contribution in [0.5, 0.6) is 11.5 Å². The molecule has 0 bridgehead atoms. The zero-order chi connectivity index (χ0) is 15.8. The van der Waals surface area contributed by atoms with Crippen molar-refractivity contribution >= 4 is 11.4 Å². The summed E-state index contributed by atoms with van der Waals surface area (Å²) in [4.78, 5) is 0. The number of para-hydroxylation sites is 2. The normalized spacial score (nSPS) is 8.77. The molecular formula is C16H9N5O. The topological polar surface area (TPSA) is 105 Å².